The van der Waals surface area contributed by atoms with Crippen molar-refractivity contribution in [1.29, 1.82) is 0 Å². The number of carbonyl (C=O) groups is 1. The molecule has 3 rings (SSSR count). The number of hydrogen-bond donors (Lipinski definition) is 1. The van der Waals surface area contributed by atoms with Crippen LogP contribution in [0.3, 0.4) is 0 Å². The molecule has 0 bridgehead atoms. The van der Waals surface area contributed by atoms with Gasteiger partial charge in [0, 0.05) is 29.9 Å². The highest BCUT2D eigenvalue weighted by Crippen LogP contribution is 2.27. The van der Waals surface area contributed by atoms with Crippen LogP contribution in [0.25, 0.3) is 0 Å². The van der Waals surface area contributed by atoms with Gasteiger partial charge < -0.3 is 14.2 Å². The predicted molar refractivity (Wildman–Crippen MR) is 122 cm³/mol. The van der Waals surface area contributed by atoms with Crippen LogP contribution in [0.1, 0.15) is 12.8 Å². The van der Waals surface area contributed by atoms with Crippen LogP contribution in [0.15, 0.2) is 48.5 Å². The van der Waals surface area contributed by atoms with E-state index in [1.54, 1.807) is 36.3 Å². The van der Waals surface area contributed by atoms with Crippen molar-refractivity contribution in [3.8, 4) is 11.5 Å². The monoisotopic (exact) mass is 508 g/mol. The molecule has 0 radical (unpaired) electrons. The molecule has 182 valence electrons. The van der Waals surface area contributed by atoms with Gasteiger partial charge in [0.15, 0.2) is 0 Å². The second-order valence-electron chi connectivity index (χ2n) is 7.39. The number of amides is 1. The lowest BCUT2D eigenvalue weighted by Gasteiger charge is -2.35. The molecule has 0 aliphatic carbocycles. The van der Waals surface area contributed by atoms with E-state index in [4.69, 9.17) is 25.8 Å². The van der Waals surface area contributed by atoms with E-state index in [1.165, 1.54) is 24.3 Å². The van der Waals surface area contributed by atoms with Crippen molar-refractivity contribution < 1.29 is 32.2 Å². The molecule has 2 atom stereocenters. The van der Waals surface area contributed by atoms with Crippen LogP contribution in [0, 0.1) is 0 Å². The van der Waals surface area contributed by atoms with Gasteiger partial charge in [-0.15, -0.1) is 12.4 Å². The third-order valence-electron chi connectivity index (χ3n) is 4.94. The molecular formula is C22H25Cl2F3N2O4. The summed E-state index contributed by atoms with van der Waals surface area (Å²) in [5.74, 6) is 1.22. The molecule has 0 aromatic heterocycles. The Morgan fingerprint density at radius 2 is 1.91 bits per heavy atom. The normalized spacial score (nSPS) is 17.4. The maximum atomic E-state index is 13.6. The average Bonchev–Trinajstić information content (AvgIpc) is 2.75. The Kier molecular flexibility index (Phi) is 9.94. The molecule has 33 heavy (non-hydrogen) atoms. The number of hydrogen-bond acceptors (Lipinski definition) is 5. The van der Waals surface area contributed by atoms with Gasteiger partial charge in [0.1, 0.15) is 17.6 Å². The maximum absolute atomic E-state index is 13.6. The van der Waals surface area contributed by atoms with E-state index in [0.29, 0.717) is 35.9 Å². The molecule has 1 saturated heterocycles. The van der Waals surface area contributed by atoms with Gasteiger partial charge in [-0.1, -0.05) is 17.7 Å². The number of halogens is 5. The van der Waals surface area contributed by atoms with Crippen molar-refractivity contribution in [2.45, 2.75) is 31.2 Å². The van der Waals surface area contributed by atoms with Crippen molar-refractivity contribution in [3.63, 3.8) is 0 Å². The number of alkyl halides is 3. The highest BCUT2D eigenvalue weighted by atomic mass is 35.5. The van der Waals surface area contributed by atoms with Gasteiger partial charge in [0.25, 0.3) is 0 Å². The van der Waals surface area contributed by atoms with Crippen molar-refractivity contribution in [2.75, 3.05) is 32.1 Å². The number of carbonyl (C=O) groups excluding carboxylic acids is 1. The van der Waals surface area contributed by atoms with Gasteiger partial charge in [-0.3, -0.25) is 10.2 Å². The largest absolute Gasteiger partial charge is 0.497 e. The summed E-state index contributed by atoms with van der Waals surface area (Å²) >= 11 is 5.76. The first-order valence-corrected chi connectivity index (χ1v) is 10.4. The van der Waals surface area contributed by atoms with Crippen LogP contribution in [0.5, 0.6) is 11.5 Å². The molecule has 1 amide bonds. The van der Waals surface area contributed by atoms with E-state index in [-0.39, 0.29) is 30.7 Å². The number of piperidine rings is 1. The van der Waals surface area contributed by atoms with E-state index in [1.807, 2.05) is 0 Å². The lowest BCUT2D eigenvalue weighted by molar-refractivity contribution is -0.207. The average molecular weight is 509 g/mol. The van der Waals surface area contributed by atoms with Crippen LogP contribution in [0.2, 0.25) is 5.02 Å². The standard InChI is InChI=1S/C22H24ClF3N2O4.ClH/c1-30-17-4-2-5-18(12-17)31-19-6-3-11-28(13-19)14-20(22(24,25)26)32-21(29)27-16-9-7-15(23)8-10-16;/h2,4-5,7-10,12,19-20H,3,6,11,13-14H2,1H3,(H,27,29);1H/t19?,20-;/m0./s1. The Morgan fingerprint density at radius 1 is 1.21 bits per heavy atom. The van der Waals surface area contributed by atoms with Crippen LogP contribution in [0.4, 0.5) is 23.7 Å². The fourth-order valence-electron chi connectivity index (χ4n) is 3.39. The molecule has 1 N–H and O–H groups in total. The van der Waals surface area contributed by atoms with Gasteiger partial charge in [0.2, 0.25) is 6.10 Å². The first kappa shape index (κ1) is 26.9. The number of anilines is 1. The summed E-state index contributed by atoms with van der Waals surface area (Å²) in [5.41, 5.74) is 0.282. The minimum absolute atomic E-state index is 0. The van der Waals surface area contributed by atoms with Gasteiger partial charge in [0.05, 0.1) is 7.11 Å². The molecule has 0 spiro atoms. The van der Waals surface area contributed by atoms with E-state index in [9.17, 15) is 18.0 Å². The molecule has 1 fully saturated rings. The number of ether oxygens (including phenoxy) is 3. The lowest BCUT2D eigenvalue weighted by atomic mass is 10.1. The summed E-state index contributed by atoms with van der Waals surface area (Å²) in [7, 11) is 1.54. The highest BCUT2D eigenvalue weighted by Gasteiger charge is 2.44. The Labute approximate surface area is 201 Å². The predicted octanol–water partition coefficient (Wildman–Crippen LogP) is 5.79. The number of methoxy groups -OCH3 is 1. The number of benzene rings is 2. The fourth-order valence-corrected chi connectivity index (χ4v) is 3.52. The second kappa shape index (κ2) is 12.2. The fraction of sp³-hybridized carbons (Fsp3) is 0.409. The third-order valence-corrected chi connectivity index (χ3v) is 5.19. The quantitative estimate of drug-likeness (QED) is 0.512. The van der Waals surface area contributed by atoms with Gasteiger partial charge in [-0.25, -0.2) is 4.79 Å². The number of rotatable bonds is 7. The second-order valence-corrected chi connectivity index (χ2v) is 7.82. The van der Waals surface area contributed by atoms with Gasteiger partial charge in [-0.05, 0) is 55.8 Å². The van der Waals surface area contributed by atoms with Gasteiger partial charge in [-0.2, -0.15) is 13.2 Å². The molecule has 1 aliphatic heterocycles. The molecule has 0 saturated carbocycles. The third kappa shape index (κ3) is 8.49. The van der Waals surface area contributed by atoms with Crippen LogP contribution < -0.4 is 14.8 Å². The Morgan fingerprint density at radius 3 is 2.58 bits per heavy atom. The summed E-state index contributed by atoms with van der Waals surface area (Å²) in [4.78, 5) is 13.6. The van der Waals surface area contributed by atoms with E-state index in [2.05, 4.69) is 5.32 Å². The van der Waals surface area contributed by atoms with Crippen molar-refractivity contribution >= 4 is 35.8 Å². The zero-order valence-corrected chi connectivity index (χ0v) is 19.4. The van der Waals surface area contributed by atoms with Crippen LogP contribution in [-0.4, -0.2) is 56.1 Å². The van der Waals surface area contributed by atoms with Crippen LogP contribution in [-0.2, 0) is 4.74 Å². The molecular weight excluding hydrogens is 484 g/mol. The van der Waals surface area contributed by atoms with Crippen molar-refractivity contribution in [1.82, 2.24) is 4.90 Å². The summed E-state index contributed by atoms with van der Waals surface area (Å²) in [6.45, 7) is 0.258. The molecule has 1 aliphatic rings. The Balaban J connectivity index is 0.00000385. The number of likely N-dealkylation sites (tertiary alicyclic amines) is 1. The molecule has 2 aromatic rings. The molecule has 6 nitrogen and oxygen atoms in total. The topological polar surface area (TPSA) is 60.0 Å². The van der Waals surface area contributed by atoms with E-state index < -0.39 is 24.9 Å². The summed E-state index contributed by atoms with van der Waals surface area (Å²) in [6, 6.07) is 13.0. The SMILES string of the molecule is COc1cccc(OC2CCCN(C[C@H](OC(=O)Nc3ccc(Cl)cc3)C(F)(F)F)C2)c1.Cl. The Bertz CT molecular complexity index is 900. The zero-order chi connectivity index (χ0) is 23.1. The summed E-state index contributed by atoms with van der Waals surface area (Å²) in [6.07, 6.45) is -7.08. The zero-order valence-electron chi connectivity index (χ0n) is 17.8. The molecule has 1 heterocycles. The molecule has 2 aromatic carbocycles. The maximum Gasteiger partial charge on any atom is 0.426 e. The number of nitrogens with one attached hydrogen (secondary N) is 1. The minimum atomic E-state index is -4.71. The molecule has 11 heteroatoms. The first-order valence-electron chi connectivity index (χ1n) is 10.1. The molecule has 1 unspecified atom stereocenters. The van der Waals surface area contributed by atoms with Crippen LogP contribution >= 0.6 is 24.0 Å². The van der Waals surface area contributed by atoms with Gasteiger partial charge >= 0.3 is 12.3 Å². The lowest BCUT2D eigenvalue weighted by Crippen LogP contribution is -2.49. The van der Waals surface area contributed by atoms with Crippen molar-refractivity contribution in [3.05, 3.63) is 53.6 Å². The highest BCUT2D eigenvalue weighted by molar-refractivity contribution is 6.30. The Hall–Kier alpha value is -2.36. The number of nitrogens with zero attached hydrogens (tertiary/aromatic N) is 1. The minimum Gasteiger partial charge on any atom is -0.497 e. The first-order chi connectivity index (χ1) is 15.2. The van der Waals surface area contributed by atoms with E-state index in [0.717, 1.165) is 0 Å². The summed E-state index contributed by atoms with van der Waals surface area (Å²) in [5, 5.41) is 2.72. The summed E-state index contributed by atoms with van der Waals surface area (Å²) < 4.78 is 56.5. The van der Waals surface area contributed by atoms with E-state index >= 15 is 0 Å². The van der Waals surface area contributed by atoms with Crippen molar-refractivity contribution in [2.24, 2.45) is 0 Å². The smallest absolute Gasteiger partial charge is 0.426 e.